The molecule has 76 valence electrons. The lowest BCUT2D eigenvalue weighted by Gasteiger charge is -2.11. The van der Waals surface area contributed by atoms with Gasteiger partial charge in [-0.05, 0) is 38.9 Å². The van der Waals surface area contributed by atoms with Crippen LogP contribution < -0.4 is 5.46 Å². The Morgan fingerprint density at radius 3 is 2.87 bits per heavy atom. The van der Waals surface area contributed by atoms with Gasteiger partial charge in [0, 0.05) is 0 Å². The fourth-order valence-electron chi connectivity index (χ4n) is 1.87. The average Bonchev–Trinajstić information content (AvgIpc) is 2.88. The molecule has 3 rings (SSSR count). The van der Waals surface area contributed by atoms with Gasteiger partial charge in [0.2, 0.25) is 0 Å². The fourth-order valence-corrected chi connectivity index (χ4v) is 3.42. The third kappa shape index (κ3) is 1.55. The van der Waals surface area contributed by atoms with Crippen molar-refractivity contribution >= 4 is 23.5 Å². The van der Waals surface area contributed by atoms with Crippen LogP contribution in [0, 0.1) is 0 Å². The van der Waals surface area contributed by atoms with Gasteiger partial charge < -0.3 is 9.68 Å². The van der Waals surface area contributed by atoms with Crippen molar-refractivity contribution < 1.29 is 9.68 Å². The van der Waals surface area contributed by atoms with Crippen LogP contribution in [0.4, 0.5) is 0 Å². The average molecular weight is 218 g/mol. The molecule has 1 N–H and O–H groups in total. The molecule has 0 atom stereocenters. The first-order valence-corrected chi connectivity index (χ1v) is 6.38. The summed E-state index contributed by atoms with van der Waals surface area (Å²) >= 11 is 0. The van der Waals surface area contributed by atoms with Crippen LogP contribution in [0.5, 0.6) is 0 Å². The highest BCUT2D eigenvalue weighted by molar-refractivity contribution is 8.22. The zero-order chi connectivity index (χ0) is 10.3. The predicted octanol–water partition coefficient (Wildman–Crippen LogP) is 1.31. The van der Waals surface area contributed by atoms with Gasteiger partial charge in [-0.3, -0.25) is 0 Å². The van der Waals surface area contributed by atoms with Crippen LogP contribution in [0.15, 0.2) is 46.1 Å². The van der Waals surface area contributed by atoms with E-state index < -0.39 is 7.12 Å². The minimum Gasteiger partial charge on any atom is -0.423 e. The third-order valence-corrected chi connectivity index (χ3v) is 4.56. The summed E-state index contributed by atoms with van der Waals surface area (Å²) in [5.74, 6) is 0. The molecule has 0 bridgehead atoms. The Bertz CT molecular complexity index is 444. The molecule has 4 heteroatoms. The second-order valence-electron chi connectivity index (χ2n) is 3.64. The molecule has 0 saturated heterocycles. The van der Waals surface area contributed by atoms with Crippen LogP contribution in [-0.2, 0) is 11.3 Å². The van der Waals surface area contributed by atoms with E-state index in [9.17, 15) is 5.02 Å². The summed E-state index contributed by atoms with van der Waals surface area (Å²) in [6, 6.07) is 6.26. The van der Waals surface area contributed by atoms with Gasteiger partial charge in [0.15, 0.2) is 0 Å². The van der Waals surface area contributed by atoms with E-state index in [0.717, 1.165) is 11.0 Å². The van der Waals surface area contributed by atoms with E-state index in [-0.39, 0.29) is 10.9 Å². The molecule has 2 heterocycles. The first-order valence-electron chi connectivity index (χ1n) is 4.90. The summed E-state index contributed by atoms with van der Waals surface area (Å²) in [5.41, 5.74) is 2.04. The molecule has 15 heavy (non-hydrogen) atoms. The zero-order valence-electron chi connectivity index (χ0n) is 8.13. The van der Waals surface area contributed by atoms with E-state index in [2.05, 4.69) is 41.2 Å². The molecule has 0 unspecified atom stereocenters. The number of fused-ring (bicyclic) bond motifs is 1. The van der Waals surface area contributed by atoms with Gasteiger partial charge in [-0.25, -0.2) is 0 Å². The van der Waals surface area contributed by atoms with Crippen LogP contribution >= 0.6 is 10.9 Å². The summed E-state index contributed by atoms with van der Waals surface area (Å²) in [7, 11) is -1.02. The van der Waals surface area contributed by atoms with Gasteiger partial charge >= 0.3 is 7.12 Å². The van der Waals surface area contributed by atoms with Crippen LogP contribution in [0.2, 0.25) is 0 Å². The number of allylic oxidation sites excluding steroid dienone is 2. The summed E-state index contributed by atoms with van der Waals surface area (Å²) in [6.45, 7) is 0.528. The first kappa shape index (κ1) is 9.27. The summed E-state index contributed by atoms with van der Waals surface area (Å²) in [6.07, 6.45) is 4.15. The van der Waals surface area contributed by atoms with Crippen molar-refractivity contribution in [2.24, 2.45) is 0 Å². The maximum absolute atomic E-state index is 9.60. The Hall–Kier alpha value is -0.965. The molecule has 1 aromatic carbocycles. The number of rotatable bonds is 1. The Labute approximate surface area is 91.8 Å². The molecule has 0 aliphatic carbocycles. The van der Waals surface area contributed by atoms with Crippen molar-refractivity contribution in [3.63, 3.8) is 0 Å². The molecule has 0 amide bonds. The minimum atomic E-state index is -0.731. The molecule has 2 aliphatic heterocycles. The second kappa shape index (κ2) is 3.56. The van der Waals surface area contributed by atoms with Gasteiger partial charge in [0.1, 0.15) is 0 Å². The lowest BCUT2D eigenvalue weighted by Crippen LogP contribution is -2.28. The number of thiol groups is 1. The minimum absolute atomic E-state index is 0.294. The summed E-state index contributed by atoms with van der Waals surface area (Å²) in [5, 5.41) is 14.0. The van der Waals surface area contributed by atoms with Crippen molar-refractivity contribution in [2.75, 3.05) is 0 Å². The highest BCUT2D eigenvalue weighted by Crippen LogP contribution is 2.41. The monoisotopic (exact) mass is 218 g/mol. The lowest BCUT2D eigenvalue weighted by molar-refractivity contribution is 0.275. The Morgan fingerprint density at radius 1 is 1.27 bits per heavy atom. The first-order chi connectivity index (χ1) is 7.34. The van der Waals surface area contributed by atoms with Crippen LogP contribution in [-0.4, -0.2) is 12.1 Å². The molecule has 0 fully saturated rings. The Kier molecular flexibility index (Phi) is 2.20. The molecule has 0 radical (unpaired) electrons. The van der Waals surface area contributed by atoms with Gasteiger partial charge in [-0.1, -0.05) is 18.2 Å². The highest BCUT2D eigenvalue weighted by Gasteiger charge is 2.27. The normalized spacial score (nSPS) is 20.1. The van der Waals surface area contributed by atoms with Crippen molar-refractivity contribution in [3.8, 4) is 0 Å². The maximum atomic E-state index is 9.60. The van der Waals surface area contributed by atoms with Crippen molar-refractivity contribution in [1.29, 1.82) is 0 Å². The van der Waals surface area contributed by atoms with E-state index in [0.29, 0.717) is 6.61 Å². The van der Waals surface area contributed by atoms with Crippen LogP contribution in [0.1, 0.15) is 5.56 Å². The number of benzene rings is 1. The van der Waals surface area contributed by atoms with E-state index in [1.807, 2.05) is 0 Å². The smallest absolute Gasteiger partial charge is 0.423 e. The Balaban J connectivity index is 2.01. The van der Waals surface area contributed by atoms with E-state index in [4.69, 9.17) is 4.65 Å². The zero-order valence-corrected chi connectivity index (χ0v) is 9.02. The highest BCUT2D eigenvalue weighted by atomic mass is 32.2. The Morgan fingerprint density at radius 2 is 2.07 bits per heavy atom. The molecular formula is C11H11BO2S. The number of hydrogen-bond donors (Lipinski definition) is 2. The molecule has 0 saturated carbocycles. The SMILES string of the molecule is OB1OCc2ccc([SH]3C=CC=C3)cc21. The van der Waals surface area contributed by atoms with Crippen LogP contribution in [0.25, 0.3) is 0 Å². The van der Waals surface area contributed by atoms with Crippen molar-refractivity contribution in [3.05, 3.63) is 46.7 Å². The van der Waals surface area contributed by atoms with Gasteiger partial charge in [-0.2, -0.15) is 10.9 Å². The third-order valence-electron chi connectivity index (χ3n) is 2.69. The standard InChI is InChI=1S/C11H11BO2S/c13-12-11-7-10(15-5-1-2-6-15)4-3-9(11)8-14-12/h1-7,13,15H,8H2. The molecule has 2 nitrogen and oxygen atoms in total. The van der Waals surface area contributed by atoms with Crippen molar-refractivity contribution in [2.45, 2.75) is 11.5 Å². The topological polar surface area (TPSA) is 29.5 Å². The number of hydrogen-bond acceptors (Lipinski definition) is 2. The predicted molar refractivity (Wildman–Crippen MR) is 64.4 cm³/mol. The summed E-state index contributed by atoms with van der Waals surface area (Å²) in [4.78, 5) is 1.28. The van der Waals surface area contributed by atoms with Gasteiger partial charge in [0.25, 0.3) is 0 Å². The largest absolute Gasteiger partial charge is 0.491 e. The van der Waals surface area contributed by atoms with Crippen LogP contribution in [0.3, 0.4) is 0 Å². The van der Waals surface area contributed by atoms with E-state index in [1.165, 1.54) is 4.90 Å². The molecule has 2 aliphatic rings. The maximum Gasteiger partial charge on any atom is 0.491 e. The van der Waals surface area contributed by atoms with Gasteiger partial charge in [0.05, 0.1) is 6.61 Å². The van der Waals surface area contributed by atoms with Gasteiger partial charge in [-0.15, -0.1) is 0 Å². The molecule has 1 aromatic rings. The quantitative estimate of drug-likeness (QED) is 0.549. The fraction of sp³-hybridized carbons (Fsp3) is 0.0909. The van der Waals surface area contributed by atoms with E-state index in [1.54, 1.807) is 0 Å². The lowest BCUT2D eigenvalue weighted by atomic mass is 9.80. The molecule has 0 spiro atoms. The van der Waals surface area contributed by atoms with Crippen molar-refractivity contribution in [1.82, 2.24) is 0 Å². The summed E-state index contributed by atoms with van der Waals surface area (Å²) < 4.78 is 5.17. The van der Waals surface area contributed by atoms with E-state index >= 15 is 0 Å². The molecular weight excluding hydrogens is 207 g/mol. The second-order valence-corrected chi connectivity index (χ2v) is 5.56. The molecule has 0 aromatic heterocycles.